The predicted octanol–water partition coefficient (Wildman–Crippen LogP) is 10.3. The molecule has 4 nitrogen and oxygen atoms in total. The van der Waals surface area contributed by atoms with Crippen molar-refractivity contribution in [1.82, 2.24) is 0 Å². The van der Waals surface area contributed by atoms with E-state index < -0.39 is 105 Å². The van der Waals surface area contributed by atoms with E-state index in [1.54, 1.807) is 0 Å². The summed E-state index contributed by atoms with van der Waals surface area (Å²) in [4.78, 5) is 0. The van der Waals surface area contributed by atoms with Gasteiger partial charge < -0.3 is 18.4 Å². The van der Waals surface area contributed by atoms with Crippen LogP contribution in [0.5, 0.6) is 0 Å². The number of alkyl halides is 35. The molecular formula is C16HF35O4Si. The van der Waals surface area contributed by atoms with Crippen molar-refractivity contribution in [2.24, 2.45) is 0 Å². The van der Waals surface area contributed by atoms with Gasteiger partial charge in [0.25, 0.3) is 0 Å². The summed E-state index contributed by atoms with van der Waals surface area (Å²) in [5, 5.41) is -0.937. The van der Waals surface area contributed by atoms with E-state index in [1.165, 1.54) is 0 Å². The molecule has 0 aliphatic rings. The molecule has 0 aliphatic heterocycles. The molecule has 0 saturated heterocycles. The smallest absolute Gasteiger partial charge is 0.373 e. The fourth-order valence-corrected chi connectivity index (χ4v) is 5.72. The van der Waals surface area contributed by atoms with Gasteiger partial charge in [-0.15, -0.1) is 0 Å². The maximum Gasteiger partial charge on any atom is 0.564 e. The highest BCUT2D eigenvalue weighted by molar-refractivity contribution is 6.65. The monoisotopic (exact) mass is 950 g/mol. The molecule has 338 valence electrons. The number of halogens is 35. The zero-order valence-electron chi connectivity index (χ0n) is 23.4. The Morgan fingerprint density at radius 1 is 0.232 bits per heavy atom. The summed E-state index contributed by atoms with van der Waals surface area (Å²) in [7, 11) is -12.3. The normalized spacial score (nSPS) is 18.0. The second-order valence-electron chi connectivity index (χ2n) is 9.63. The topological polar surface area (TPSA) is 47.9 Å². The molecule has 0 saturated carbocycles. The van der Waals surface area contributed by atoms with Gasteiger partial charge in [-0.05, 0) is 0 Å². The van der Waals surface area contributed by atoms with Crippen LogP contribution < -0.4 is 0 Å². The van der Waals surface area contributed by atoms with Gasteiger partial charge in [0.2, 0.25) is 0 Å². The highest BCUT2D eigenvalue weighted by Gasteiger charge is 3.02. The molecule has 0 amide bonds. The number of hydrogen-bond donors (Lipinski definition) is 1. The third kappa shape index (κ3) is 7.52. The second-order valence-corrected chi connectivity index (χ2v) is 12.1. The van der Waals surface area contributed by atoms with Crippen molar-refractivity contribution < 1.29 is 172 Å². The summed E-state index contributed by atoms with van der Waals surface area (Å²) in [6.45, 7) is 0. The molecular weight excluding hydrogens is 949 g/mol. The number of aliphatic hydroxyl groups is 1. The van der Waals surface area contributed by atoms with E-state index in [0.717, 1.165) is 13.3 Å². The van der Waals surface area contributed by atoms with E-state index >= 15 is 0 Å². The lowest BCUT2D eigenvalue weighted by Gasteiger charge is -2.51. The first kappa shape index (κ1) is 53.6. The molecule has 0 bridgehead atoms. The molecule has 0 spiro atoms. The highest BCUT2D eigenvalue weighted by Crippen LogP contribution is 2.68. The fourth-order valence-electron chi connectivity index (χ4n) is 2.90. The molecule has 1 unspecified atom stereocenters. The quantitative estimate of drug-likeness (QED) is 0.139. The van der Waals surface area contributed by atoms with Crippen LogP contribution in [0.1, 0.15) is 0 Å². The molecule has 0 aromatic carbocycles. The van der Waals surface area contributed by atoms with Crippen molar-refractivity contribution >= 4 is 8.80 Å². The standard InChI is InChI=1S/C16HF35O4Si/c17-1(18,3(21,22)5(25,26)7(29,30)9(31,32)33)2(19,20)4(23,24)6(27,28)8(52,10(34,35)36)56(53-14(46,47)11(37,38)39,54-15(48,49)12(40,41)42)55-16(50,51)13(43,44)45/h52H. The van der Waals surface area contributed by atoms with Gasteiger partial charge in [-0.1, -0.05) is 0 Å². The molecule has 0 heterocycles. The van der Waals surface area contributed by atoms with E-state index in [9.17, 15) is 159 Å². The SMILES string of the molecule is OC(C(F)(F)F)(C(F)(F)C(F)(F)C(F)(F)C(F)(F)C(F)(F)C(F)(F)C(F)(F)C(F)(F)F)[Si](OC(F)(F)C(F)(F)F)(OC(F)(F)C(F)(F)F)OC(F)(F)C(F)(F)F. The van der Waals surface area contributed by atoms with Crippen molar-refractivity contribution in [3.63, 3.8) is 0 Å². The molecule has 0 aromatic heterocycles. The van der Waals surface area contributed by atoms with Gasteiger partial charge in [-0.3, -0.25) is 0 Å². The van der Waals surface area contributed by atoms with Gasteiger partial charge in [-0.25, -0.2) is 0 Å². The van der Waals surface area contributed by atoms with E-state index in [1.807, 2.05) is 0 Å². The molecule has 0 aliphatic carbocycles. The van der Waals surface area contributed by atoms with Crippen LogP contribution in [-0.4, -0.2) is 110 Å². The fraction of sp³-hybridized carbons (Fsp3) is 1.00. The largest absolute Gasteiger partial charge is 0.564 e. The van der Waals surface area contributed by atoms with E-state index in [-0.39, 0.29) is 0 Å². The zero-order valence-corrected chi connectivity index (χ0v) is 24.4. The Morgan fingerprint density at radius 3 is 0.571 bits per heavy atom. The van der Waals surface area contributed by atoms with E-state index in [0.29, 0.717) is 0 Å². The third-order valence-electron chi connectivity index (χ3n) is 5.81. The lowest BCUT2D eigenvalue weighted by Crippen LogP contribution is -2.87. The Balaban J connectivity index is 9.14. The van der Waals surface area contributed by atoms with Gasteiger partial charge in [0.1, 0.15) is 0 Å². The molecule has 1 N–H and O–H groups in total. The van der Waals surface area contributed by atoms with Crippen LogP contribution in [0.25, 0.3) is 0 Å². The van der Waals surface area contributed by atoms with Crippen LogP contribution in [-0.2, 0) is 13.3 Å². The molecule has 1 atom stereocenters. The van der Waals surface area contributed by atoms with E-state index in [4.69, 9.17) is 0 Å². The molecule has 0 fully saturated rings. The second kappa shape index (κ2) is 13.3. The average Bonchev–Trinajstić information content (AvgIpc) is 2.87. The number of rotatable bonds is 14. The van der Waals surface area contributed by atoms with Crippen molar-refractivity contribution in [2.75, 3.05) is 0 Å². The van der Waals surface area contributed by atoms with Crippen molar-refractivity contribution in [2.45, 2.75) is 95.9 Å². The zero-order chi connectivity index (χ0) is 46.6. The third-order valence-corrected chi connectivity index (χ3v) is 8.87. The van der Waals surface area contributed by atoms with Crippen LogP contribution in [0.4, 0.5) is 154 Å². The summed E-state index contributed by atoms with van der Waals surface area (Å²) >= 11 is 0. The Kier molecular flexibility index (Phi) is 12.7. The van der Waals surface area contributed by atoms with Crippen molar-refractivity contribution in [3.05, 3.63) is 0 Å². The molecule has 0 radical (unpaired) electrons. The van der Waals surface area contributed by atoms with Crippen molar-refractivity contribution in [3.8, 4) is 0 Å². The first-order valence-corrected chi connectivity index (χ1v) is 13.0. The highest BCUT2D eigenvalue weighted by atomic mass is 28.4. The van der Waals surface area contributed by atoms with Gasteiger partial charge >= 0.3 is 105 Å². The average molecular weight is 950 g/mol. The van der Waals surface area contributed by atoms with Crippen LogP contribution in [0.2, 0.25) is 0 Å². The van der Waals surface area contributed by atoms with E-state index in [2.05, 4.69) is 0 Å². The Hall–Kier alpha value is -2.39. The maximum atomic E-state index is 14.9. The van der Waals surface area contributed by atoms with Gasteiger partial charge in [0.15, 0.2) is 0 Å². The summed E-state index contributed by atoms with van der Waals surface area (Å²) < 4.78 is 472. The molecule has 56 heavy (non-hydrogen) atoms. The lowest BCUT2D eigenvalue weighted by molar-refractivity contribution is -0.477. The first-order valence-electron chi connectivity index (χ1n) is 11.3. The molecule has 40 heteroatoms. The van der Waals surface area contributed by atoms with Gasteiger partial charge in [-0.2, -0.15) is 154 Å². The maximum absolute atomic E-state index is 14.9. The minimum absolute atomic E-state index is 0.995. The van der Waals surface area contributed by atoms with Gasteiger partial charge in [0, 0.05) is 0 Å². The van der Waals surface area contributed by atoms with Gasteiger partial charge in [0.05, 0.1) is 0 Å². The Bertz CT molecular complexity index is 1320. The Labute approximate surface area is 278 Å². The summed E-state index contributed by atoms with van der Waals surface area (Å²) in [5.74, 6) is -70.5. The van der Waals surface area contributed by atoms with Crippen LogP contribution in [0.15, 0.2) is 0 Å². The molecule has 0 aromatic rings. The summed E-state index contributed by atoms with van der Waals surface area (Å²) in [6, 6.07) is 0. The van der Waals surface area contributed by atoms with Crippen molar-refractivity contribution in [1.29, 1.82) is 0 Å². The minimum atomic E-state index is -12.3. The summed E-state index contributed by atoms with van der Waals surface area (Å²) in [6.07, 6.45) is -71.1. The minimum Gasteiger partial charge on any atom is -0.373 e. The summed E-state index contributed by atoms with van der Waals surface area (Å²) in [5.41, 5.74) is 0. The van der Waals surface area contributed by atoms with Crippen LogP contribution in [0.3, 0.4) is 0 Å². The number of hydrogen-bond acceptors (Lipinski definition) is 4. The molecule has 0 rings (SSSR count). The first-order chi connectivity index (χ1) is 23.4. The predicted molar refractivity (Wildman–Crippen MR) is 93.7 cm³/mol. The van der Waals surface area contributed by atoms with Crippen LogP contribution >= 0.6 is 0 Å². The Morgan fingerprint density at radius 2 is 0.411 bits per heavy atom. The lowest BCUT2D eigenvalue weighted by atomic mass is 9.87. The van der Waals surface area contributed by atoms with Crippen LogP contribution in [0, 0.1) is 0 Å².